The van der Waals surface area contributed by atoms with Crippen LogP contribution < -0.4 is 4.74 Å². The predicted molar refractivity (Wildman–Crippen MR) is 87.5 cm³/mol. The quantitative estimate of drug-likeness (QED) is 0.647. The first-order chi connectivity index (χ1) is 11.4. The van der Waals surface area contributed by atoms with Crippen molar-refractivity contribution in [1.29, 1.82) is 0 Å². The molecule has 1 heterocycles. The van der Waals surface area contributed by atoms with E-state index in [1.807, 2.05) is 12.1 Å². The molecule has 4 aliphatic rings. The van der Waals surface area contributed by atoms with Crippen molar-refractivity contribution in [2.24, 2.45) is 17.3 Å². The second-order valence-corrected chi connectivity index (χ2v) is 9.12. The summed E-state index contributed by atoms with van der Waals surface area (Å²) in [7, 11) is 0. The van der Waals surface area contributed by atoms with Crippen LogP contribution in [0.1, 0.15) is 56.1 Å². The Balaban J connectivity index is 1.53. The summed E-state index contributed by atoms with van der Waals surface area (Å²) in [5, 5.41) is 0. The molecule has 2 nitrogen and oxygen atoms in total. The topological polar surface area (TPSA) is 26.3 Å². The molecule has 0 radical (unpaired) electrons. The summed E-state index contributed by atoms with van der Waals surface area (Å²) in [6.45, 7) is 2.16. The Morgan fingerprint density at radius 3 is 2.88 bits per heavy atom. The third-order valence-corrected chi connectivity index (χ3v) is 7.82. The fourth-order valence-electron chi connectivity index (χ4n) is 5.79. The number of hydrogen-bond donors (Lipinski definition) is 0. The fourth-order valence-corrected chi connectivity index (χ4v) is 6.56. The predicted octanol–water partition coefficient (Wildman–Crippen LogP) is 5.15. The lowest BCUT2D eigenvalue weighted by molar-refractivity contribution is -0.129. The number of hydrogen-bond acceptors (Lipinski definition) is 3. The van der Waals surface area contributed by atoms with Crippen molar-refractivity contribution >= 4 is 17.5 Å². The molecule has 2 saturated carbocycles. The van der Waals surface area contributed by atoms with Crippen LogP contribution in [0.2, 0.25) is 0 Å². The van der Waals surface area contributed by atoms with Crippen molar-refractivity contribution in [2.45, 2.75) is 61.7 Å². The fraction of sp³-hybridized carbons (Fsp3) is 0.632. The van der Waals surface area contributed by atoms with E-state index in [-0.39, 0.29) is 5.41 Å². The van der Waals surface area contributed by atoms with Crippen LogP contribution in [0.15, 0.2) is 17.0 Å². The molecule has 1 unspecified atom stereocenters. The number of ether oxygens (including phenoxy) is 1. The number of alkyl halides is 2. The summed E-state index contributed by atoms with van der Waals surface area (Å²) in [5.74, 6) is 2.18. The molecule has 5 heteroatoms. The molecule has 24 heavy (non-hydrogen) atoms. The minimum Gasteiger partial charge on any atom is -0.423 e. The van der Waals surface area contributed by atoms with Gasteiger partial charge in [0.25, 0.3) is 0 Å². The molecule has 0 N–H and O–H groups in total. The van der Waals surface area contributed by atoms with Crippen LogP contribution in [0, 0.1) is 17.3 Å². The van der Waals surface area contributed by atoms with Gasteiger partial charge in [0.15, 0.2) is 0 Å². The number of halogens is 2. The zero-order valence-corrected chi connectivity index (χ0v) is 14.4. The van der Waals surface area contributed by atoms with Crippen molar-refractivity contribution in [3.63, 3.8) is 0 Å². The number of benzene rings is 1. The van der Waals surface area contributed by atoms with E-state index in [0.717, 1.165) is 38.5 Å². The molecule has 0 bridgehead atoms. The van der Waals surface area contributed by atoms with Crippen LogP contribution in [0.4, 0.5) is 8.78 Å². The maximum atomic E-state index is 13.5. The molecule has 3 aliphatic carbocycles. The Bertz CT molecular complexity index is 747. The lowest BCUT2D eigenvalue weighted by Crippen LogP contribution is -2.42. The van der Waals surface area contributed by atoms with E-state index in [2.05, 4.69) is 6.92 Å². The normalized spacial score (nSPS) is 38.8. The number of fused-ring (bicyclic) bond motifs is 6. The van der Waals surface area contributed by atoms with E-state index >= 15 is 0 Å². The van der Waals surface area contributed by atoms with Crippen molar-refractivity contribution in [3.05, 3.63) is 23.3 Å². The Kier molecular flexibility index (Phi) is 3.00. The molecule has 0 aromatic heterocycles. The van der Waals surface area contributed by atoms with Gasteiger partial charge in [-0.25, -0.2) is 0 Å². The van der Waals surface area contributed by atoms with Gasteiger partial charge in [-0.1, -0.05) is 6.92 Å². The molecule has 0 saturated heterocycles. The molecule has 0 amide bonds. The SMILES string of the molecule is C[C@]12CCC3c4cc5c(cc4CC[C@H]3[C@@H]1CCC2=O)OC(F)(F)S5. The number of carbonyl (C=O) groups is 1. The first-order valence-corrected chi connectivity index (χ1v) is 9.65. The first kappa shape index (κ1) is 15.2. The minimum absolute atomic E-state index is 0.139. The maximum absolute atomic E-state index is 13.5. The van der Waals surface area contributed by atoms with Gasteiger partial charge in [0.1, 0.15) is 11.5 Å². The Morgan fingerprint density at radius 2 is 2.04 bits per heavy atom. The number of Topliss-reactive ketones (excluding diaryl/α,β-unsaturated/α-hetero) is 1. The van der Waals surface area contributed by atoms with Crippen LogP contribution in [0.25, 0.3) is 0 Å². The van der Waals surface area contributed by atoms with E-state index in [4.69, 9.17) is 4.74 Å². The van der Waals surface area contributed by atoms with Gasteiger partial charge in [0, 0.05) is 11.8 Å². The van der Waals surface area contributed by atoms with Crippen molar-refractivity contribution < 1.29 is 18.3 Å². The van der Waals surface area contributed by atoms with Gasteiger partial charge in [-0.2, -0.15) is 8.78 Å². The van der Waals surface area contributed by atoms with E-state index in [1.165, 1.54) is 11.1 Å². The van der Waals surface area contributed by atoms with Gasteiger partial charge in [-0.15, -0.1) is 0 Å². The molecular formula is C19H20F2O2S. The molecule has 1 aromatic rings. The van der Waals surface area contributed by atoms with E-state index in [0.29, 0.717) is 45.9 Å². The summed E-state index contributed by atoms with van der Waals surface area (Å²) in [6, 6.07) is 3.79. The second-order valence-electron chi connectivity index (χ2n) is 8.00. The molecular weight excluding hydrogens is 330 g/mol. The van der Waals surface area contributed by atoms with Crippen LogP contribution in [0.5, 0.6) is 5.75 Å². The average Bonchev–Trinajstić information content (AvgIpc) is 2.99. The minimum atomic E-state index is -3.14. The molecule has 1 aromatic carbocycles. The number of thioether (sulfide) groups is 1. The number of rotatable bonds is 0. The summed E-state index contributed by atoms with van der Waals surface area (Å²) < 4.78 is 31.8. The van der Waals surface area contributed by atoms with Crippen LogP contribution in [0.3, 0.4) is 0 Å². The van der Waals surface area contributed by atoms with Gasteiger partial charge in [-0.3, -0.25) is 4.79 Å². The smallest absolute Gasteiger partial charge is 0.423 e. The highest BCUT2D eigenvalue weighted by Gasteiger charge is 2.55. The first-order valence-electron chi connectivity index (χ1n) is 8.83. The summed E-state index contributed by atoms with van der Waals surface area (Å²) in [5.41, 5.74) is -0.879. The highest BCUT2D eigenvalue weighted by molar-refractivity contribution is 8.00. The molecule has 5 rings (SSSR count). The monoisotopic (exact) mass is 350 g/mol. The molecule has 128 valence electrons. The zero-order valence-electron chi connectivity index (χ0n) is 13.6. The van der Waals surface area contributed by atoms with Crippen LogP contribution in [-0.2, 0) is 11.2 Å². The molecule has 4 atom stereocenters. The van der Waals surface area contributed by atoms with Gasteiger partial charge in [0.05, 0.1) is 4.90 Å². The van der Waals surface area contributed by atoms with Crippen molar-refractivity contribution in [3.8, 4) is 5.75 Å². The van der Waals surface area contributed by atoms with Crippen LogP contribution >= 0.6 is 11.8 Å². The summed E-state index contributed by atoms with van der Waals surface area (Å²) >= 11 is 0.515. The third kappa shape index (κ3) is 1.97. The Labute approximate surface area is 144 Å². The highest BCUT2D eigenvalue weighted by Crippen LogP contribution is 2.61. The lowest BCUT2D eigenvalue weighted by Gasteiger charge is -2.48. The van der Waals surface area contributed by atoms with Gasteiger partial charge >= 0.3 is 5.44 Å². The summed E-state index contributed by atoms with van der Waals surface area (Å²) in [6.07, 6.45) is 5.63. The average molecular weight is 350 g/mol. The van der Waals surface area contributed by atoms with Crippen LogP contribution in [-0.4, -0.2) is 11.2 Å². The summed E-state index contributed by atoms with van der Waals surface area (Å²) in [4.78, 5) is 12.9. The van der Waals surface area contributed by atoms with E-state index < -0.39 is 5.44 Å². The molecule has 2 fully saturated rings. The zero-order chi connectivity index (χ0) is 16.7. The van der Waals surface area contributed by atoms with E-state index in [9.17, 15) is 13.6 Å². The van der Waals surface area contributed by atoms with Gasteiger partial charge in [0.2, 0.25) is 0 Å². The Morgan fingerprint density at radius 1 is 1.21 bits per heavy atom. The molecule has 0 spiro atoms. The van der Waals surface area contributed by atoms with Gasteiger partial charge in [-0.05, 0) is 84.9 Å². The third-order valence-electron chi connectivity index (χ3n) is 6.96. The second kappa shape index (κ2) is 4.75. The number of ketones is 1. The molecule has 1 aliphatic heterocycles. The highest BCUT2D eigenvalue weighted by atomic mass is 32.2. The number of carbonyl (C=O) groups excluding carboxylic acids is 1. The van der Waals surface area contributed by atoms with E-state index in [1.54, 1.807) is 0 Å². The van der Waals surface area contributed by atoms with Crippen molar-refractivity contribution in [2.75, 3.05) is 0 Å². The Hall–Kier alpha value is -1.10. The van der Waals surface area contributed by atoms with Crippen molar-refractivity contribution in [1.82, 2.24) is 0 Å². The lowest BCUT2D eigenvalue weighted by atomic mass is 9.55. The number of aryl methyl sites for hydroxylation is 1. The largest absolute Gasteiger partial charge is 0.457 e. The maximum Gasteiger partial charge on any atom is 0.457 e. The van der Waals surface area contributed by atoms with Gasteiger partial charge < -0.3 is 4.74 Å². The standard InChI is InChI=1S/C19H20F2O2S/c1-18-7-6-11-12(14(18)4-5-17(18)22)3-2-10-8-15-16(9-13(10)11)24-19(20,21)23-15/h8-9,11-12,14H,2-7H2,1H3/t11?,12-,14+,18+/m1/s1.